The van der Waals surface area contributed by atoms with Crippen LogP contribution in [0.5, 0.6) is 0 Å². The molecule has 10 rings (SSSR count). The van der Waals surface area contributed by atoms with Gasteiger partial charge in [-0.15, -0.1) is 0 Å². The van der Waals surface area contributed by atoms with Crippen molar-refractivity contribution < 1.29 is 4.42 Å². The van der Waals surface area contributed by atoms with Crippen LogP contribution in [-0.4, -0.2) is 0 Å². The van der Waals surface area contributed by atoms with Crippen molar-refractivity contribution in [1.29, 1.82) is 0 Å². The fourth-order valence-corrected chi connectivity index (χ4v) is 8.37. The first kappa shape index (κ1) is 29.8. The first-order valence-corrected chi connectivity index (χ1v) is 18.1. The van der Waals surface area contributed by atoms with Gasteiger partial charge in [-0.2, -0.15) is 0 Å². The van der Waals surface area contributed by atoms with Crippen molar-refractivity contribution in [2.45, 2.75) is 39.5 Å². The number of furan rings is 1. The van der Waals surface area contributed by atoms with Crippen molar-refractivity contribution in [3.05, 3.63) is 174 Å². The smallest absolute Gasteiger partial charge is 0.135 e. The summed E-state index contributed by atoms with van der Waals surface area (Å²) in [5.74, 6) is 0. The molecule has 0 saturated carbocycles. The predicted octanol–water partition coefficient (Wildman–Crippen LogP) is 13.4. The van der Waals surface area contributed by atoms with Crippen molar-refractivity contribution in [1.82, 2.24) is 0 Å². The zero-order valence-electron chi connectivity index (χ0n) is 29.0. The van der Waals surface area contributed by atoms with E-state index >= 15 is 0 Å². The summed E-state index contributed by atoms with van der Waals surface area (Å²) in [6, 6.07) is 46.9. The van der Waals surface area contributed by atoms with Gasteiger partial charge in [-0.05, 0) is 134 Å². The Balaban J connectivity index is 1.22. The normalized spacial score (nSPS) is 13.8. The third kappa shape index (κ3) is 4.87. The average Bonchev–Trinajstić information content (AvgIpc) is 3.55. The molecule has 51 heavy (non-hydrogen) atoms. The summed E-state index contributed by atoms with van der Waals surface area (Å²) in [5, 5.41) is 7.58. The molecule has 7 aromatic carbocycles. The first-order chi connectivity index (χ1) is 25.1. The van der Waals surface area contributed by atoms with Crippen LogP contribution in [-0.2, 0) is 12.8 Å². The minimum Gasteiger partial charge on any atom is -0.456 e. The van der Waals surface area contributed by atoms with E-state index in [4.69, 9.17) is 4.42 Å². The first-order valence-electron chi connectivity index (χ1n) is 18.1. The van der Waals surface area contributed by atoms with Gasteiger partial charge in [0.25, 0.3) is 0 Å². The number of allylic oxidation sites excluding steroid dienone is 3. The number of rotatable bonds is 6. The van der Waals surface area contributed by atoms with Crippen LogP contribution in [0.4, 0.5) is 28.4 Å². The summed E-state index contributed by atoms with van der Waals surface area (Å²) >= 11 is 0. The summed E-state index contributed by atoms with van der Waals surface area (Å²) in [5.41, 5.74) is 14.3. The van der Waals surface area contributed by atoms with E-state index < -0.39 is 0 Å². The van der Waals surface area contributed by atoms with E-state index in [1.165, 1.54) is 66.6 Å². The number of nitrogens with zero attached hydrogens (tertiary/aromatic N) is 2. The molecule has 1 aromatic heterocycles. The maximum Gasteiger partial charge on any atom is 0.135 e. The van der Waals surface area contributed by atoms with Crippen LogP contribution in [0.2, 0.25) is 0 Å². The van der Waals surface area contributed by atoms with Gasteiger partial charge >= 0.3 is 0 Å². The molecule has 0 unspecified atom stereocenters. The lowest BCUT2D eigenvalue weighted by atomic mass is 9.84. The maximum absolute atomic E-state index is 6.25. The molecule has 0 amide bonds. The highest BCUT2D eigenvalue weighted by atomic mass is 16.3. The molecule has 0 aliphatic heterocycles. The Kier molecular flexibility index (Phi) is 6.89. The number of anilines is 5. The van der Waals surface area contributed by atoms with Gasteiger partial charge in [0.1, 0.15) is 11.2 Å². The highest BCUT2D eigenvalue weighted by Crippen LogP contribution is 2.48. The van der Waals surface area contributed by atoms with Gasteiger partial charge in [-0.25, -0.2) is 0 Å². The van der Waals surface area contributed by atoms with Crippen LogP contribution in [0, 0.1) is 13.8 Å². The Hall–Kier alpha value is -6.06. The Bertz CT molecular complexity index is 2710. The molecular formula is C48H38N2O. The summed E-state index contributed by atoms with van der Waals surface area (Å²) in [7, 11) is 0. The Morgan fingerprint density at radius 3 is 2.02 bits per heavy atom. The van der Waals surface area contributed by atoms with Crippen molar-refractivity contribution in [3.8, 4) is 0 Å². The van der Waals surface area contributed by atoms with Gasteiger partial charge in [-0.3, -0.25) is 0 Å². The number of hydrogen-bond donors (Lipinski definition) is 0. The topological polar surface area (TPSA) is 19.6 Å². The molecule has 0 atom stereocenters. The highest BCUT2D eigenvalue weighted by molar-refractivity contribution is 6.18. The number of para-hydroxylation sites is 1. The molecule has 0 radical (unpaired) electrons. The molecule has 0 fully saturated rings. The second-order valence-corrected chi connectivity index (χ2v) is 14.1. The van der Waals surface area contributed by atoms with Crippen molar-refractivity contribution >= 4 is 71.9 Å². The third-order valence-corrected chi connectivity index (χ3v) is 10.9. The van der Waals surface area contributed by atoms with Gasteiger partial charge in [0.05, 0.1) is 5.69 Å². The van der Waals surface area contributed by atoms with Crippen LogP contribution in [0.15, 0.2) is 156 Å². The second-order valence-electron chi connectivity index (χ2n) is 14.1. The SMILES string of the molecule is Cc1ccc(N(C2=CCCC=C2)c2ccc3ccc4c(N(c5ccc(C)cc5)c5ccc6oc7ccccc7c6c5)ccc5c4c3c2CC5)cc1. The Labute approximate surface area is 298 Å². The predicted molar refractivity (Wildman–Crippen MR) is 215 cm³/mol. The van der Waals surface area contributed by atoms with E-state index in [-0.39, 0.29) is 0 Å². The van der Waals surface area contributed by atoms with Gasteiger partial charge in [0.2, 0.25) is 0 Å². The molecule has 0 spiro atoms. The number of benzene rings is 7. The molecule has 0 bridgehead atoms. The summed E-state index contributed by atoms with van der Waals surface area (Å²) in [6.07, 6.45) is 11.2. The molecule has 3 heteroatoms. The van der Waals surface area contributed by atoms with Crippen LogP contribution in [0.3, 0.4) is 0 Å². The highest BCUT2D eigenvalue weighted by Gasteiger charge is 2.26. The van der Waals surface area contributed by atoms with Crippen LogP contribution in [0.25, 0.3) is 43.5 Å². The molecule has 8 aromatic rings. The Morgan fingerprint density at radius 1 is 0.529 bits per heavy atom. The molecule has 0 saturated heterocycles. The molecule has 2 aliphatic carbocycles. The van der Waals surface area contributed by atoms with Crippen LogP contribution < -0.4 is 9.80 Å². The summed E-state index contributed by atoms with van der Waals surface area (Å²) in [4.78, 5) is 4.92. The van der Waals surface area contributed by atoms with Crippen LogP contribution >= 0.6 is 0 Å². The van der Waals surface area contributed by atoms with Crippen molar-refractivity contribution in [2.24, 2.45) is 0 Å². The van der Waals surface area contributed by atoms with Crippen LogP contribution in [0.1, 0.15) is 35.1 Å². The molecule has 0 N–H and O–H groups in total. The standard InChI is InChI=1S/C48H38N2O/c1-31-12-20-36(21-13-31)49(35-8-4-3-5-9-35)43-27-18-33-17-26-41-44(28-19-34-16-25-40(43)47(33)48(34)41)50(37-22-14-32(2)15-23-37)38-24-29-46-42(30-38)39-10-6-7-11-45(39)51-46/h4,6-15,17-24,26-30H,3,5,16,25H2,1-2H3. The number of aryl methyl sites for hydroxylation is 4. The van der Waals surface area contributed by atoms with Gasteiger partial charge in [0, 0.05) is 44.6 Å². The van der Waals surface area contributed by atoms with Gasteiger partial charge in [0.15, 0.2) is 0 Å². The summed E-state index contributed by atoms with van der Waals surface area (Å²) < 4.78 is 6.25. The fraction of sp³-hybridized carbons (Fsp3) is 0.125. The fourth-order valence-electron chi connectivity index (χ4n) is 8.37. The second kappa shape index (κ2) is 11.8. The minimum atomic E-state index is 0.905. The average molecular weight is 659 g/mol. The van der Waals surface area contributed by atoms with Crippen molar-refractivity contribution in [2.75, 3.05) is 9.80 Å². The van der Waals surface area contributed by atoms with E-state index in [1.807, 2.05) is 6.07 Å². The maximum atomic E-state index is 6.25. The monoisotopic (exact) mass is 658 g/mol. The third-order valence-electron chi connectivity index (χ3n) is 10.9. The van der Waals surface area contributed by atoms with Gasteiger partial charge in [-0.1, -0.05) is 90.0 Å². The summed E-state index contributed by atoms with van der Waals surface area (Å²) in [6.45, 7) is 4.31. The number of fused-ring (bicyclic) bond motifs is 3. The zero-order valence-corrected chi connectivity index (χ0v) is 29.0. The van der Waals surface area contributed by atoms with Crippen molar-refractivity contribution in [3.63, 3.8) is 0 Å². The Morgan fingerprint density at radius 2 is 1.24 bits per heavy atom. The van der Waals surface area contributed by atoms with E-state index in [2.05, 4.69) is 163 Å². The molecule has 3 nitrogen and oxygen atoms in total. The zero-order chi connectivity index (χ0) is 34.1. The lowest BCUT2D eigenvalue weighted by Gasteiger charge is -2.33. The quantitative estimate of drug-likeness (QED) is 0.166. The van der Waals surface area contributed by atoms with E-state index in [1.54, 1.807) is 0 Å². The minimum absolute atomic E-state index is 0.905. The molecule has 2 aliphatic rings. The van der Waals surface area contributed by atoms with E-state index in [9.17, 15) is 0 Å². The van der Waals surface area contributed by atoms with E-state index in [0.29, 0.717) is 0 Å². The van der Waals surface area contributed by atoms with E-state index in [0.717, 1.165) is 59.0 Å². The molecular weight excluding hydrogens is 621 g/mol. The molecule has 1 heterocycles. The molecule has 246 valence electrons. The van der Waals surface area contributed by atoms with Gasteiger partial charge < -0.3 is 14.2 Å². The lowest BCUT2D eigenvalue weighted by Crippen LogP contribution is -2.19. The lowest BCUT2D eigenvalue weighted by molar-refractivity contribution is 0.669. The number of hydrogen-bond acceptors (Lipinski definition) is 3. The largest absolute Gasteiger partial charge is 0.456 e.